The Labute approximate surface area is 243 Å². The number of primary amides is 1. The van der Waals surface area contributed by atoms with Crippen molar-refractivity contribution >= 4 is 51.6 Å². The van der Waals surface area contributed by atoms with Crippen LogP contribution >= 0.6 is 23.2 Å². The van der Waals surface area contributed by atoms with Crippen LogP contribution in [0.3, 0.4) is 0 Å². The minimum atomic E-state index is -5.11. The van der Waals surface area contributed by atoms with Crippen LogP contribution in [0.15, 0.2) is 60.8 Å². The zero-order chi connectivity index (χ0) is 30.1. The van der Waals surface area contributed by atoms with Crippen LogP contribution in [0.4, 0.5) is 18.9 Å². The van der Waals surface area contributed by atoms with Gasteiger partial charge < -0.3 is 21.1 Å². The standard InChI is InChI=1S/C28H26Cl2F3N5O3/c1-3-37(26(40)24-20(29)8-5-9-21(24)30)15-27(41,28(31,32)33)14-35-22-10-16(2)11-23-19(22)13-36-38(23)18-7-4-6-17(12-18)25(34)39/h4-13,35,41H,3,14-15H2,1-2H3,(H2,34,39). The number of aromatic nitrogens is 2. The number of halogens is 5. The topological polar surface area (TPSA) is 113 Å². The lowest BCUT2D eigenvalue weighted by molar-refractivity contribution is -0.257. The monoisotopic (exact) mass is 607 g/mol. The Kier molecular flexibility index (Phi) is 8.53. The van der Waals surface area contributed by atoms with E-state index in [-0.39, 0.29) is 33.4 Å². The lowest BCUT2D eigenvalue weighted by Gasteiger charge is -2.36. The first-order chi connectivity index (χ1) is 19.3. The summed E-state index contributed by atoms with van der Waals surface area (Å²) in [5, 5.41) is 18.4. The summed E-state index contributed by atoms with van der Waals surface area (Å²) in [6.45, 7) is 1.04. The fourth-order valence-corrected chi connectivity index (χ4v) is 4.96. The van der Waals surface area contributed by atoms with Gasteiger partial charge in [-0.1, -0.05) is 35.3 Å². The highest BCUT2D eigenvalue weighted by atomic mass is 35.5. The van der Waals surface area contributed by atoms with Gasteiger partial charge in [-0.3, -0.25) is 9.59 Å². The molecule has 3 aromatic carbocycles. The van der Waals surface area contributed by atoms with Gasteiger partial charge in [-0.25, -0.2) is 4.68 Å². The molecule has 0 aliphatic carbocycles. The molecular weight excluding hydrogens is 582 g/mol. The summed E-state index contributed by atoms with van der Waals surface area (Å²) in [4.78, 5) is 25.6. The highest BCUT2D eigenvalue weighted by Gasteiger charge is 2.55. The van der Waals surface area contributed by atoms with E-state index in [1.54, 1.807) is 43.3 Å². The molecular formula is C28H26Cl2F3N5O3. The average Bonchev–Trinajstić information content (AvgIpc) is 3.33. The number of hydrogen-bond donors (Lipinski definition) is 3. The number of nitrogens with one attached hydrogen (secondary N) is 1. The second kappa shape index (κ2) is 11.6. The average molecular weight is 608 g/mol. The van der Waals surface area contributed by atoms with Crippen molar-refractivity contribution < 1.29 is 27.9 Å². The van der Waals surface area contributed by atoms with Crippen molar-refractivity contribution in [3.05, 3.63) is 87.5 Å². The molecule has 216 valence electrons. The summed E-state index contributed by atoms with van der Waals surface area (Å²) >= 11 is 12.2. The van der Waals surface area contributed by atoms with Crippen LogP contribution in [0.25, 0.3) is 16.6 Å². The van der Waals surface area contributed by atoms with Crippen LogP contribution in [-0.2, 0) is 0 Å². The Balaban J connectivity index is 1.66. The molecule has 4 aromatic rings. The quantitative estimate of drug-likeness (QED) is 0.229. The van der Waals surface area contributed by atoms with Crippen molar-refractivity contribution in [1.29, 1.82) is 0 Å². The number of amides is 2. The van der Waals surface area contributed by atoms with Crippen LogP contribution in [0.5, 0.6) is 0 Å². The van der Waals surface area contributed by atoms with Gasteiger partial charge in [-0.05, 0) is 61.9 Å². The van der Waals surface area contributed by atoms with E-state index in [2.05, 4.69) is 10.4 Å². The summed E-state index contributed by atoms with van der Waals surface area (Å²) in [5.41, 5.74) is 4.21. The van der Waals surface area contributed by atoms with Crippen molar-refractivity contribution in [3.8, 4) is 5.69 Å². The highest BCUT2D eigenvalue weighted by molar-refractivity contribution is 6.39. The third kappa shape index (κ3) is 6.12. The van der Waals surface area contributed by atoms with E-state index in [1.165, 1.54) is 36.0 Å². The van der Waals surface area contributed by atoms with E-state index in [4.69, 9.17) is 28.9 Å². The smallest absolute Gasteiger partial charge is 0.381 e. The van der Waals surface area contributed by atoms with E-state index < -0.39 is 36.7 Å². The molecule has 0 saturated carbocycles. The molecule has 0 radical (unpaired) electrons. The first-order valence-electron chi connectivity index (χ1n) is 12.4. The molecule has 2 amide bonds. The molecule has 1 aromatic heterocycles. The molecule has 0 aliphatic rings. The van der Waals surface area contributed by atoms with Crippen molar-refractivity contribution in [2.45, 2.75) is 25.6 Å². The van der Waals surface area contributed by atoms with E-state index in [9.17, 15) is 27.9 Å². The zero-order valence-corrected chi connectivity index (χ0v) is 23.5. The van der Waals surface area contributed by atoms with Gasteiger partial charge in [0.2, 0.25) is 5.91 Å². The number of fused-ring (bicyclic) bond motifs is 1. The Morgan fingerprint density at radius 2 is 1.76 bits per heavy atom. The number of anilines is 1. The number of nitrogens with two attached hydrogens (primary N) is 1. The normalized spacial score (nSPS) is 13.2. The van der Waals surface area contributed by atoms with Crippen LogP contribution in [0, 0.1) is 6.92 Å². The number of aryl methyl sites for hydroxylation is 1. The summed E-state index contributed by atoms with van der Waals surface area (Å²) < 4.78 is 44.5. The Morgan fingerprint density at radius 1 is 1.10 bits per heavy atom. The van der Waals surface area contributed by atoms with Crippen molar-refractivity contribution in [1.82, 2.24) is 14.7 Å². The predicted octanol–water partition coefficient (Wildman–Crippen LogP) is 5.61. The SMILES string of the molecule is CCN(CC(O)(CNc1cc(C)cc2c1cnn2-c1cccc(C(N)=O)c1)C(F)(F)F)C(=O)c1c(Cl)cccc1Cl. The largest absolute Gasteiger partial charge is 0.420 e. The molecule has 0 spiro atoms. The second-order valence-electron chi connectivity index (χ2n) is 9.52. The van der Waals surface area contributed by atoms with Gasteiger partial charge in [0.1, 0.15) is 0 Å². The Bertz CT molecular complexity index is 1610. The maximum absolute atomic E-state index is 14.3. The van der Waals surface area contributed by atoms with E-state index in [0.717, 1.165) is 4.90 Å². The molecule has 0 fully saturated rings. The first-order valence-corrected chi connectivity index (χ1v) is 13.2. The maximum atomic E-state index is 14.3. The third-order valence-corrected chi connectivity index (χ3v) is 7.24. The van der Waals surface area contributed by atoms with Gasteiger partial charge in [0.05, 0.1) is 46.1 Å². The van der Waals surface area contributed by atoms with Crippen molar-refractivity contribution in [2.24, 2.45) is 5.73 Å². The Hall–Kier alpha value is -3.80. The number of likely N-dealkylation sites (N-methyl/N-ethyl adjacent to an activating group) is 1. The first kappa shape index (κ1) is 30.2. The number of alkyl halides is 3. The van der Waals surface area contributed by atoms with Crippen LogP contribution in [0.1, 0.15) is 33.2 Å². The zero-order valence-electron chi connectivity index (χ0n) is 22.0. The number of nitrogens with zero attached hydrogens (tertiary/aromatic N) is 3. The van der Waals surface area contributed by atoms with Crippen LogP contribution in [-0.4, -0.2) is 63.0 Å². The molecule has 1 unspecified atom stereocenters. The van der Waals surface area contributed by atoms with Gasteiger partial charge in [-0.2, -0.15) is 18.3 Å². The van der Waals surface area contributed by atoms with Gasteiger partial charge >= 0.3 is 6.18 Å². The van der Waals surface area contributed by atoms with Crippen molar-refractivity contribution in [3.63, 3.8) is 0 Å². The molecule has 4 rings (SSSR count). The second-order valence-corrected chi connectivity index (χ2v) is 10.3. The summed E-state index contributed by atoms with van der Waals surface area (Å²) in [7, 11) is 0. The molecule has 13 heteroatoms. The predicted molar refractivity (Wildman–Crippen MR) is 152 cm³/mol. The molecule has 1 atom stereocenters. The maximum Gasteiger partial charge on any atom is 0.420 e. The van der Waals surface area contributed by atoms with Crippen LogP contribution < -0.4 is 11.1 Å². The molecule has 41 heavy (non-hydrogen) atoms. The fraction of sp³-hybridized carbons (Fsp3) is 0.250. The molecule has 0 aliphatic heterocycles. The number of carbonyl (C=O) groups excluding carboxylic acids is 2. The third-order valence-electron chi connectivity index (χ3n) is 6.61. The molecule has 1 heterocycles. The van der Waals surface area contributed by atoms with E-state index in [0.29, 0.717) is 22.2 Å². The van der Waals surface area contributed by atoms with Crippen LogP contribution in [0.2, 0.25) is 10.0 Å². The summed E-state index contributed by atoms with van der Waals surface area (Å²) in [5.74, 6) is -1.46. The van der Waals surface area contributed by atoms with Crippen molar-refractivity contribution in [2.75, 3.05) is 25.0 Å². The minimum absolute atomic E-state index is 0.0184. The number of carbonyl (C=O) groups is 2. The fourth-order valence-electron chi connectivity index (χ4n) is 4.40. The number of aliphatic hydroxyl groups is 1. The molecule has 8 nitrogen and oxygen atoms in total. The Morgan fingerprint density at radius 3 is 2.37 bits per heavy atom. The van der Waals surface area contributed by atoms with Gasteiger partial charge in [0.15, 0.2) is 5.60 Å². The summed E-state index contributed by atoms with van der Waals surface area (Å²) in [6, 6.07) is 14.2. The molecule has 0 saturated heterocycles. The lowest BCUT2D eigenvalue weighted by Crippen LogP contribution is -2.58. The number of benzene rings is 3. The highest BCUT2D eigenvalue weighted by Crippen LogP contribution is 2.35. The molecule has 0 bridgehead atoms. The van der Waals surface area contributed by atoms with Gasteiger partial charge in [-0.15, -0.1) is 0 Å². The number of rotatable bonds is 9. The summed E-state index contributed by atoms with van der Waals surface area (Å²) in [6.07, 6.45) is -3.65. The van der Waals surface area contributed by atoms with E-state index >= 15 is 0 Å². The lowest BCUT2D eigenvalue weighted by atomic mass is 10.0. The van der Waals surface area contributed by atoms with E-state index in [1.807, 2.05) is 0 Å². The van der Waals surface area contributed by atoms with Gasteiger partial charge in [0, 0.05) is 23.2 Å². The van der Waals surface area contributed by atoms with Gasteiger partial charge in [0.25, 0.3) is 5.91 Å². The minimum Gasteiger partial charge on any atom is -0.381 e. The molecule has 4 N–H and O–H groups in total. The number of hydrogen-bond acceptors (Lipinski definition) is 5.